The molecule has 0 spiro atoms. The fourth-order valence-electron chi connectivity index (χ4n) is 5.17. The molecule has 3 aromatic carbocycles. The molecule has 0 saturated heterocycles. The minimum atomic E-state index is -1.49. The number of para-hydroxylation sites is 2. The second-order valence-electron chi connectivity index (χ2n) is 11.4. The van der Waals surface area contributed by atoms with E-state index in [-0.39, 0.29) is 37.9 Å². The highest BCUT2D eigenvalue weighted by molar-refractivity contribution is 6.02. The van der Waals surface area contributed by atoms with Gasteiger partial charge in [0.1, 0.15) is 22.5 Å². The van der Waals surface area contributed by atoms with Crippen LogP contribution in [0.15, 0.2) is 86.0 Å². The average Bonchev–Trinajstić information content (AvgIpc) is 3.54. The number of carbonyl (C=O) groups excluding carboxylic acids is 2. The molecule has 4 rings (SSSR count). The van der Waals surface area contributed by atoms with Crippen LogP contribution in [0.5, 0.6) is 11.5 Å². The first-order valence-electron chi connectivity index (χ1n) is 16.6. The van der Waals surface area contributed by atoms with Gasteiger partial charge in [-0.2, -0.15) is 15.0 Å². The maximum absolute atomic E-state index is 12.8. The van der Waals surface area contributed by atoms with Crippen LogP contribution in [0.4, 0.5) is 0 Å². The third-order valence-corrected chi connectivity index (χ3v) is 7.64. The number of aliphatic hydroxyl groups is 2. The maximum atomic E-state index is 12.8. The van der Waals surface area contributed by atoms with Crippen molar-refractivity contribution in [3.63, 3.8) is 0 Å². The molecule has 2 N–H and O–H groups in total. The molecule has 4 aromatic rings. The van der Waals surface area contributed by atoms with Gasteiger partial charge in [-0.25, -0.2) is 9.59 Å². The molecule has 11 heteroatoms. The number of esters is 2. The van der Waals surface area contributed by atoms with Crippen LogP contribution in [0.25, 0.3) is 33.3 Å². The highest BCUT2D eigenvalue weighted by atomic mass is 16.6. The molecule has 2 atom stereocenters. The van der Waals surface area contributed by atoms with Gasteiger partial charge in [0.2, 0.25) is 0 Å². The van der Waals surface area contributed by atoms with Crippen molar-refractivity contribution in [2.24, 2.45) is 0 Å². The van der Waals surface area contributed by atoms with E-state index in [1.807, 2.05) is 24.3 Å². The lowest BCUT2D eigenvalue weighted by Gasteiger charge is -2.15. The zero-order valence-electron chi connectivity index (χ0n) is 28.0. The lowest BCUT2D eigenvalue weighted by atomic mass is 9.97. The van der Waals surface area contributed by atoms with Crippen LogP contribution in [0.2, 0.25) is 0 Å². The Kier molecular flexibility index (Phi) is 14.7. The molecule has 0 saturated carbocycles. The summed E-state index contributed by atoms with van der Waals surface area (Å²) in [6.45, 7) is 9.81. The van der Waals surface area contributed by atoms with E-state index in [1.165, 1.54) is 31.4 Å². The summed E-state index contributed by atoms with van der Waals surface area (Å²) in [5, 5.41) is 30.4. The topological polar surface area (TPSA) is 142 Å². The lowest BCUT2D eigenvalue weighted by molar-refractivity contribution is -0.147. The van der Waals surface area contributed by atoms with E-state index in [0.717, 1.165) is 19.3 Å². The van der Waals surface area contributed by atoms with Gasteiger partial charge >= 0.3 is 11.9 Å². The molecule has 1 aromatic heterocycles. The highest BCUT2D eigenvalue weighted by Gasteiger charge is 2.24. The van der Waals surface area contributed by atoms with Crippen molar-refractivity contribution < 1.29 is 38.7 Å². The van der Waals surface area contributed by atoms with Crippen LogP contribution in [0, 0.1) is 0 Å². The number of rotatable bonds is 21. The summed E-state index contributed by atoms with van der Waals surface area (Å²) in [5.74, 6) is -1.25. The van der Waals surface area contributed by atoms with E-state index >= 15 is 0 Å². The van der Waals surface area contributed by atoms with Gasteiger partial charge in [-0.3, -0.25) is 0 Å². The Bertz CT molecular complexity index is 1590. The monoisotopic (exact) mass is 671 g/mol. The zero-order valence-corrected chi connectivity index (χ0v) is 28.0. The summed E-state index contributed by atoms with van der Waals surface area (Å²) in [6, 6.07) is 17.7. The average molecular weight is 672 g/mol. The first-order valence-corrected chi connectivity index (χ1v) is 16.6. The first-order chi connectivity index (χ1) is 23.9. The third kappa shape index (κ3) is 10.4. The Morgan fingerprint density at radius 1 is 0.694 bits per heavy atom. The molecule has 0 amide bonds. The van der Waals surface area contributed by atoms with Gasteiger partial charge in [0.25, 0.3) is 0 Å². The van der Waals surface area contributed by atoms with E-state index in [9.17, 15) is 19.8 Å². The number of aryl methyl sites for hydroxylation is 1. The number of carbonyl (C=O) groups is 2. The number of ether oxygens (including phenoxy) is 4. The van der Waals surface area contributed by atoms with Crippen LogP contribution < -0.4 is 9.47 Å². The van der Waals surface area contributed by atoms with E-state index in [4.69, 9.17) is 29.1 Å². The largest absolute Gasteiger partial charge is 0.424 e. The zero-order chi connectivity index (χ0) is 35.0. The van der Waals surface area contributed by atoms with Gasteiger partial charge in [0, 0.05) is 22.3 Å². The number of aliphatic hydroxyl groups excluding tert-OH is 2. The molecule has 0 bridgehead atoms. The van der Waals surface area contributed by atoms with E-state index in [0.29, 0.717) is 39.8 Å². The van der Waals surface area contributed by atoms with Crippen molar-refractivity contribution in [2.45, 2.75) is 64.2 Å². The SMILES string of the molecule is C=CCOCC(O)C(=O)Oc1ccccc1-c1ccc(-c2ccccc2OC(=O)C(O)COCC=C)c2nn(CCCCCCCC)nc12. The van der Waals surface area contributed by atoms with Crippen molar-refractivity contribution in [1.29, 1.82) is 0 Å². The fourth-order valence-corrected chi connectivity index (χ4v) is 5.17. The second-order valence-corrected chi connectivity index (χ2v) is 11.4. The van der Waals surface area contributed by atoms with Crippen molar-refractivity contribution in [3.8, 4) is 33.8 Å². The molecule has 0 aliphatic heterocycles. The molecule has 2 unspecified atom stereocenters. The first kappa shape index (κ1) is 37.1. The summed E-state index contributed by atoms with van der Waals surface area (Å²) >= 11 is 0. The summed E-state index contributed by atoms with van der Waals surface area (Å²) in [5.41, 5.74) is 3.53. The second kappa shape index (κ2) is 19.4. The summed E-state index contributed by atoms with van der Waals surface area (Å²) in [4.78, 5) is 27.2. The standard InChI is InChI=1S/C38H45N3O8/c1-4-7-8-9-10-15-22-41-39-35-29(27-16-11-13-18-33(27)48-37(44)31(42)25-46-23-5-2)20-21-30(36(35)40-41)28-17-12-14-19-34(28)49-38(45)32(43)26-47-24-6-3/h5-6,11-14,16-21,31-32,42-43H,2-4,7-10,15,22-26H2,1H3. The molecular formula is C38H45N3O8. The molecule has 0 aliphatic rings. The van der Waals surface area contributed by atoms with Gasteiger partial charge in [0.05, 0.1) is 33.0 Å². The van der Waals surface area contributed by atoms with Gasteiger partial charge in [-0.1, -0.05) is 99.7 Å². The van der Waals surface area contributed by atoms with Crippen LogP contribution in [-0.2, 0) is 25.6 Å². The van der Waals surface area contributed by atoms with Gasteiger partial charge in [-0.05, 0) is 18.6 Å². The van der Waals surface area contributed by atoms with Crippen LogP contribution in [0.3, 0.4) is 0 Å². The molecule has 260 valence electrons. The summed E-state index contributed by atoms with van der Waals surface area (Å²) in [6.07, 6.45) is 6.73. The van der Waals surface area contributed by atoms with Crippen molar-refractivity contribution in [2.75, 3.05) is 26.4 Å². The Balaban J connectivity index is 1.71. The Hall–Kier alpha value is -4.68. The van der Waals surface area contributed by atoms with Crippen molar-refractivity contribution in [1.82, 2.24) is 15.0 Å². The quantitative estimate of drug-likeness (QED) is 0.0464. The number of unbranched alkanes of at least 4 members (excludes halogenated alkanes) is 5. The van der Waals surface area contributed by atoms with Gasteiger partial charge in [-0.15, -0.1) is 13.2 Å². The van der Waals surface area contributed by atoms with Crippen molar-refractivity contribution >= 4 is 23.0 Å². The number of hydrogen-bond donors (Lipinski definition) is 2. The van der Waals surface area contributed by atoms with Crippen LogP contribution >= 0.6 is 0 Å². The van der Waals surface area contributed by atoms with Crippen LogP contribution in [0.1, 0.15) is 45.4 Å². The highest BCUT2D eigenvalue weighted by Crippen LogP contribution is 2.40. The summed E-state index contributed by atoms with van der Waals surface area (Å²) < 4.78 is 21.7. The molecule has 1 heterocycles. The fraction of sp³-hybridized carbons (Fsp3) is 0.368. The van der Waals surface area contributed by atoms with E-state index in [2.05, 4.69) is 20.1 Å². The normalized spacial score (nSPS) is 12.4. The molecule has 49 heavy (non-hydrogen) atoms. The Labute approximate surface area is 286 Å². The van der Waals surface area contributed by atoms with Gasteiger partial charge in [0.15, 0.2) is 12.2 Å². The molecule has 0 radical (unpaired) electrons. The smallest absolute Gasteiger partial charge is 0.342 e. The maximum Gasteiger partial charge on any atom is 0.342 e. The number of benzene rings is 3. The van der Waals surface area contributed by atoms with E-state index < -0.39 is 24.1 Å². The number of hydrogen-bond acceptors (Lipinski definition) is 10. The minimum Gasteiger partial charge on any atom is -0.424 e. The molecular weight excluding hydrogens is 626 g/mol. The molecule has 11 nitrogen and oxygen atoms in total. The number of nitrogens with zero attached hydrogens (tertiary/aromatic N) is 3. The number of fused-ring (bicyclic) bond motifs is 1. The minimum absolute atomic E-state index is 0.187. The third-order valence-electron chi connectivity index (χ3n) is 7.64. The van der Waals surface area contributed by atoms with Crippen LogP contribution in [-0.4, -0.2) is 75.8 Å². The predicted octanol–water partition coefficient (Wildman–Crippen LogP) is 6.06. The van der Waals surface area contributed by atoms with Crippen molar-refractivity contribution in [3.05, 3.63) is 86.0 Å². The predicted molar refractivity (Wildman–Crippen MR) is 187 cm³/mol. The van der Waals surface area contributed by atoms with E-state index in [1.54, 1.807) is 41.2 Å². The molecule has 0 aliphatic carbocycles. The summed E-state index contributed by atoms with van der Waals surface area (Å²) in [7, 11) is 0. The Morgan fingerprint density at radius 2 is 1.14 bits per heavy atom. The lowest BCUT2D eigenvalue weighted by Crippen LogP contribution is -2.30. The Morgan fingerprint density at radius 3 is 1.61 bits per heavy atom. The number of aromatic nitrogens is 3. The molecule has 0 fully saturated rings. The van der Waals surface area contributed by atoms with Gasteiger partial charge < -0.3 is 29.2 Å².